The molecule has 2 aromatic carbocycles. The summed E-state index contributed by atoms with van der Waals surface area (Å²) in [6.07, 6.45) is 4.18. The number of rotatable bonds is 5. The van der Waals surface area contributed by atoms with Gasteiger partial charge < -0.3 is 4.42 Å². The van der Waals surface area contributed by atoms with E-state index in [2.05, 4.69) is 5.10 Å². The highest BCUT2D eigenvalue weighted by atomic mass is 32.2. The molecule has 0 bridgehead atoms. The zero-order valence-electron chi connectivity index (χ0n) is 17.1. The van der Waals surface area contributed by atoms with E-state index in [0.717, 1.165) is 6.26 Å². The summed E-state index contributed by atoms with van der Waals surface area (Å²) >= 11 is 0. The quantitative estimate of drug-likeness (QED) is 0.328. The van der Waals surface area contributed by atoms with E-state index in [-0.39, 0.29) is 22.3 Å². The number of aryl methyl sites for hydroxylation is 1. The molecular weight excluding hydrogens is 419 g/mol. The molecule has 4 aromatic rings. The van der Waals surface area contributed by atoms with Crippen LogP contribution in [0, 0.1) is 12.7 Å². The van der Waals surface area contributed by atoms with E-state index in [1.54, 1.807) is 44.2 Å². The van der Waals surface area contributed by atoms with Crippen molar-refractivity contribution in [1.82, 2.24) is 9.61 Å². The first-order valence-electron chi connectivity index (χ1n) is 9.46. The van der Waals surface area contributed by atoms with Gasteiger partial charge in [0.2, 0.25) is 11.5 Å². The van der Waals surface area contributed by atoms with Crippen LogP contribution >= 0.6 is 0 Å². The average molecular weight is 438 g/mol. The Bertz CT molecular complexity index is 1430. The predicted octanol–water partition coefficient (Wildman–Crippen LogP) is 4.87. The number of hydrogen-bond acceptors (Lipinski definition) is 5. The van der Waals surface area contributed by atoms with Crippen molar-refractivity contribution in [3.63, 3.8) is 0 Å². The molecule has 0 saturated heterocycles. The lowest BCUT2D eigenvalue weighted by Crippen LogP contribution is -1.98. The Labute approximate surface area is 178 Å². The van der Waals surface area contributed by atoms with Gasteiger partial charge in [-0.1, -0.05) is 30.3 Å². The molecule has 0 aliphatic heterocycles. The standard InChI is InChI=1S/C23H19FN2O4S/c1-4-5-19(27)22-14(2)26-23(30-22)20(15-6-10-17(24)11-7-15)21(25-26)16-8-12-18(13-9-16)31(3,28)29/h4-13H,1-3H3. The Hall–Kier alpha value is -3.52. The molecule has 0 saturated carbocycles. The number of carbonyl (C=O) groups is 1. The third-order valence-corrected chi connectivity index (χ3v) is 6.05. The number of allylic oxidation sites excluding steroid dienone is 2. The number of ketones is 1. The van der Waals surface area contributed by atoms with E-state index in [0.29, 0.717) is 33.8 Å². The smallest absolute Gasteiger partial charge is 0.231 e. The second-order valence-corrected chi connectivity index (χ2v) is 9.14. The van der Waals surface area contributed by atoms with Gasteiger partial charge >= 0.3 is 0 Å². The topological polar surface area (TPSA) is 81.6 Å². The number of fused-ring (bicyclic) bond motifs is 1. The molecule has 2 heterocycles. The van der Waals surface area contributed by atoms with E-state index < -0.39 is 9.84 Å². The maximum Gasteiger partial charge on any atom is 0.231 e. The molecule has 8 heteroatoms. The molecule has 0 spiro atoms. The fourth-order valence-electron chi connectivity index (χ4n) is 3.39. The molecule has 6 nitrogen and oxygen atoms in total. The van der Waals surface area contributed by atoms with E-state index in [4.69, 9.17) is 4.42 Å². The number of halogens is 1. The highest BCUT2D eigenvalue weighted by Crippen LogP contribution is 2.37. The van der Waals surface area contributed by atoms with Gasteiger partial charge in [-0.2, -0.15) is 5.10 Å². The molecule has 0 N–H and O–H groups in total. The lowest BCUT2D eigenvalue weighted by atomic mass is 10.0. The average Bonchev–Trinajstić information content (AvgIpc) is 3.25. The number of benzene rings is 2. The first-order valence-corrected chi connectivity index (χ1v) is 11.4. The second-order valence-electron chi connectivity index (χ2n) is 7.12. The maximum atomic E-state index is 13.5. The molecule has 0 radical (unpaired) electrons. The summed E-state index contributed by atoms with van der Waals surface area (Å²) in [4.78, 5) is 12.6. The first kappa shape index (κ1) is 20.7. The molecule has 158 valence electrons. The Balaban J connectivity index is 1.97. The maximum absolute atomic E-state index is 13.5. The number of sulfone groups is 1. The highest BCUT2D eigenvalue weighted by Gasteiger charge is 2.25. The Morgan fingerprint density at radius 3 is 2.26 bits per heavy atom. The van der Waals surface area contributed by atoms with Crippen molar-refractivity contribution in [2.24, 2.45) is 0 Å². The molecule has 2 aromatic heterocycles. The third kappa shape index (κ3) is 3.70. The van der Waals surface area contributed by atoms with Crippen LogP contribution in [0.1, 0.15) is 23.2 Å². The summed E-state index contributed by atoms with van der Waals surface area (Å²) < 4.78 is 44.6. The molecule has 0 unspecified atom stereocenters. The van der Waals surface area contributed by atoms with Gasteiger partial charge in [0, 0.05) is 11.8 Å². The summed E-state index contributed by atoms with van der Waals surface area (Å²) in [6.45, 7) is 3.47. The molecular formula is C23H19FN2O4S. The number of aromatic nitrogens is 2. The zero-order chi connectivity index (χ0) is 22.3. The lowest BCUT2D eigenvalue weighted by Gasteiger charge is -2.05. The van der Waals surface area contributed by atoms with Crippen LogP contribution in [0.3, 0.4) is 0 Å². The molecule has 0 amide bonds. The number of carbonyl (C=O) groups excluding carboxylic acids is 1. The van der Waals surface area contributed by atoms with Crippen LogP contribution in [0.2, 0.25) is 0 Å². The van der Waals surface area contributed by atoms with Crippen molar-refractivity contribution in [1.29, 1.82) is 0 Å². The van der Waals surface area contributed by atoms with Crippen LogP contribution in [-0.2, 0) is 9.84 Å². The van der Waals surface area contributed by atoms with Crippen LogP contribution in [0.4, 0.5) is 4.39 Å². The van der Waals surface area contributed by atoms with Crippen LogP contribution in [0.15, 0.2) is 70.0 Å². The van der Waals surface area contributed by atoms with Crippen LogP contribution in [-0.4, -0.2) is 30.1 Å². The number of oxazole rings is 1. The monoisotopic (exact) mass is 438 g/mol. The van der Waals surface area contributed by atoms with Gasteiger partial charge in [-0.25, -0.2) is 17.3 Å². The minimum atomic E-state index is -3.34. The molecule has 0 aliphatic carbocycles. The Morgan fingerprint density at radius 2 is 1.68 bits per heavy atom. The first-order chi connectivity index (χ1) is 14.7. The SMILES string of the molecule is CC=CC(=O)c1oc2c(-c3ccc(F)cc3)c(-c3ccc(S(C)(=O)=O)cc3)nn2c1C. The molecule has 0 atom stereocenters. The zero-order valence-corrected chi connectivity index (χ0v) is 17.9. The lowest BCUT2D eigenvalue weighted by molar-refractivity contribution is 0.102. The molecule has 4 rings (SSSR count). The van der Waals surface area contributed by atoms with Crippen molar-refractivity contribution in [3.05, 3.63) is 78.0 Å². The van der Waals surface area contributed by atoms with Crippen molar-refractivity contribution in [3.8, 4) is 22.4 Å². The van der Waals surface area contributed by atoms with E-state index in [9.17, 15) is 17.6 Å². The number of hydrogen-bond donors (Lipinski definition) is 0. The van der Waals surface area contributed by atoms with Crippen molar-refractivity contribution >= 4 is 21.3 Å². The van der Waals surface area contributed by atoms with Crippen LogP contribution < -0.4 is 0 Å². The van der Waals surface area contributed by atoms with Crippen LogP contribution in [0.5, 0.6) is 0 Å². The fraction of sp³-hybridized carbons (Fsp3) is 0.130. The van der Waals surface area contributed by atoms with Crippen molar-refractivity contribution in [2.75, 3.05) is 6.26 Å². The minimum absolute atomic E-state index is 0.169. The normalized spacial score (nSPS) is 12.1. The van der Waals surface area contributed by atoms with Gasteiger partial charge in [-0.3, -0.25) is 4.79 Å². The van der Waals surface area contributed by atoms with Gasteiger partial charge in [0.25, 0.3) is 0 Å². The van der Waals surface area contributed by atoms with E-state index in [1.807, 2.05) is 0 Å². The van der Waals surface area contributed by atoms with Gasteiger partial charge in [0.15, 0.2) is 15.6 Å². The molecule has 31 heavy (non-hydrogen) atoms. The summed E-state index contributed by atoms with van der Waals surface area (Å²) in [7, 11) is -3.34. The number of nitrogens with zero attached hydrogens (tertiary/aromatic N) is 2. The third-order valence-electron chi connectivity index (χ3n) is 4.92. The molecule has 0 fully saturated rings. The van der Waals surface area contributed by atoms with Gasteiger partial charge in [0.1, 0.15) is 11.5 Å². The molecule has 0 aliphatic rings. The summed E-state index contributed by atoms with van der Waals surface area (Å²) in [6, 6.07) is 12.2. The van der Waals surface area contributed by atoms with Gasteiger partial charge in [-0.15, -0.1) is 0 Å². The largest absolute Gasteiger partial charge is 0.432 e. The highest BCUT2D eigenvalue weighted by molar-refractivity contribution is 7.90. The summed E-state index contributed by atoms with van der Waals surface area (Å²) in [5.41, 5.74) is 3.29. The van der Waals surface area contributed by atoms with Crippen molar-refractivity contribution in [2.45, 2.75) is 18.7 Å². The fourth-order valence-corrected chi connectivity index (χ4v) is 4.02. The van der Waals surface area contributed by atoms with Gasteiger partial charge in [-0.05, 0) is 49.8 Å². The summed E-state index contributed by atoms with van der Waals surface area (Å²) in [5, 5.41) is 4.64. The summed E-state index contributed by atoms with van der Waals surface area (Å²) in [5.74, 6) is -0.497. The second kappa shape index (κ2) is 7.63. The minimum Gasteiger partial charge on any atom is -0.432 e. The predicted molar refractivity (Wildman–Crippen MR) is 115 cm³/mol. The van der Waals surface area contributed by atoms with Gasteiger partial charge in [0.05, 0.1) is 16.2 Å². The Morgan fingerprint density at radius 1 is 1.06 bits per heavy atom. The van der Waals surface area contributed by atoms with Crippen molar-refractivity contribution < 1.29 is 22.0 Å². The Kier molecular flexibility index (Phi) is 5.10. The van der Waals surface area contributed by atoms with E-state index >= 15 is 0 Å². The van der Waals surface area contributed by atoms with Crippen LogP contribution in [0.25, 0.3) is 28.1 Å². The van der Waals surface area contributed by atoms with E-state index in [1.165, 1.54) is 34.9 Å².